The van der Waals surface area contributed by atoms with Crippen LogP contribution in [-0.2, 0) is 57.2 Å². The molecule has 4 heterocycles. The van der Waals surface area contributed by atoms with Crippen molar-refractivity contribution in [2.75, 3.05) is 13.2 Å². The quantitative estimate of drug-likeness (QED) is 0.0287. The highest BCUT2D eigenvalue weighted by molar-refractivity contribution is 6.01. The molecule has 0 saturated carbocycles. The van der Waals surface area contributed by atoms with Gasteiger partial charge in [0.15, 0.2) is 10.8 Å². The summed E-state index contributed by atoms with van der Waals surface area (Å²) in [4.78, 5) is 85.2. The summed E-state index contributed by atoms with van der Waals surface area (Å²) in [5, 5.41) is 49.1. The van der Waals surface area contributed by atoms with Crippen molar-refractivity contribution < 1.29 is 78.0 Å². The first-order valence-electron chi connectivity index (χ1n) is 29.7. The van der Waals surface area contributed by atoms with E-state index in [0.29, 0.717) is 77.0 Å². The molecule has 4 aliphatic rings. The number of hydrogen-bond acceptors (Lipinski definition) is 20. The van der Waals surface area contributed by atoms with Crippen LogP contribution in [0.4, 0.5) is 0 Å². The van der Waals surface area contributed by atoms with Crippen molar-refractivity contribution in [1.82, 2.24) is 20.3 Å². The van der Waals surface area contributed by atoms with Gasteiger partial charge in [0.2, 0.25) is 0 Å². The van der Waals surface area contributed by atoms with Crippen molar-refractivity contribution in [3.63, 3.8) is 0 Å². The van der Waals surface area contributed by atoms with Crippen molar-refractivity contribution in [1.29, 1.82) is 0 Å². The number of piperidine rings is 4. The third-order valence-corrected chi connectivity index (χ3v) is 17.5. The zero-order valence-electron chi connectivity index (χ0n) is 52.3. The maximum Gasteiger partial charge on any atom is 0.323 e. The highest BCUT2D eigenvalue weighted by Gasteiger charge is 2.56. The molecule has 4 saturated heterocycles. The molecule has 80 heavy (non-hydrogen) atoms. The Morgan fingerprint density at radius 3 is 0.738 bits per heavy atom. The van der Waals surface area contributed by atoms with E-state index in [1.807, 2.05) is 125 Å². The summed E-state index contributed by atoms with van der Waals surface area (Å²) in [5.74, 6) is -4.36. The monoisotopic (exact) mass is 1140 g/mol. The second-order valence-electron chi connectivity index (χ2n) is 29.0. The minimum absolute atomic E-state index is 0.0616. The molecule has 20 nitrogen and oxygen atoms in total. The summed E-state index contributed by atoms with van der Waals surface area (Å²) in [6, 6.07) is 0. The fraction of sp³-hybridized carbons (Fsp3) is 0.900. The van der Waals surface area contributed by atoms with E-state index in [1.165, 1.54) is 20.3 Å². The summed E-state index contributed by atoms with van der Waals surface area (Å²) in [6.45, 7) is 33.3. The van der Waals surface area contributed by atoms with Gasteiger partial charge >= 0.3 is 35.8 Å². The number of esters is 6. The van der Waals surface area contributed by atoms with E-state index in [1.54, 1.807) is 0 Å². The van der Waals surface area contributed by atoms with Crippen molar-refractivity contribution in [2.45, 2.75) is 322 Å². The van der Waals surface area contributed by atoms with Crippen LogP contribution in [0, 0.1) is 10.8 Å². The number of rotatable bonds is 25. The van der Waals surface area contributed by atoms with E-state index in [-0.39, 0.29) is 64.6 Å². The average molecular weight is 1140 g/mol. The van der Waals surface area contributed by atoms with Crippen molar-refractivity contribution in [2.24, 2.45) is 10.8 Å². The van der Waals surface area contributed by atoms with E-state index in [4.69, 9.17) is 28.4 Å². The molecule has 0 aromatic rings. The van der Waals surface area contributed by atoms with E-state index in [9.17, 15) is 49.6 Å². The highest BCUT2D eigenvalue weighted by atomic mass is 16.6. The van der Waals surface area contributed by atoms with Gasteiger partial charge in [0, 0.05) is 95.7 Å². The van der Waals surface area contributed by atoms with Crippen LogP contribution >= 0.6 is 0 Å². The highest BCUT2D eigenvalue weighted by Crippen LogP contribution is 2.46. The van der Waals surface area contributed by atoms with Crippen LogP contribution in [0.25, 0.3) is 0 Å². The fourth-order valence-corrected chi connectivity index (χ4v) is 13.8. The SMILES string of the molecule is CCCCC(CCCOC(=O)CCC(=O)OCCCC(CCCC)(C(=O)OC1CC(C)(C)N(O)C(C)(C)C1)C(=O)OC1CC(C)(C)N(O)C(C)(C)C1)(C(=O)OC1CC(C)(C)N(O)C(C)(C)C1)C(=O)OC1CC(C)(C)N(O)C(C)(C)C1. The lowest BCUT2D eigenvalue weighted by molar-refractivity contribution is -0.263. The van der Waals surface area contributed by atoms with Gasteiger partial charge in [-0.15, -0.1) is 0 Å². The Balaban J connectivity index is 1.45. The van der Waals surface area contributed by atoms with E-state index < -0.39 is 115 Å². The summed E-state index contributed by atoms with van der Waals surface area (Å²) in [5.41, 5.74) is -9.47. The molecule has 0 unspecified atom stereocenters. The summed E-state index contributed by atoms with van der Waals surface area (Å²) in [6.07, 6.45) is 1.88. The minimum Gasteiger partial charge on any atom is -0.466 e. The van der Waals surface area contributed by atoms with Crippen LogP contribution < -0.4 is 0 Å². The molecule has 20 heteroatoms. The zero-order valence-corrected chi connectivity index (χ0v) is 52.3. The fourth-order valence-electron chi connectivity index (χ4n) is 13.8. The molecular formula is C60H106N4O16. The third kappa shape index (κ3) is 16.6. The molecule has 0 amide bonds. The second kappa shape index (κ2) is 26.2. The Labute approximate surface area is 478 Å². The Hall–Kier alpha value is -3.50. The molecular weight excluding hydrogens is 1030 g/mol. The predicted octanol–water partition coefficient (Wildman–Crippen LogP) is 10.6. The van der Waals surface area contributed by atoms with Crippen LogP contribution in [0.15, 0.2) is 0 Å². The number of unbranched alkanes of at least 4 members (excludes halogenated alkanes) is 2. The smallest absolute Gasteiger partial charge is 0.323 e. The number of nitrogens with zero attached hydrogens (tertiary/aromatic N) is 4. The number of carbonyl (C=O) groups is 6. The van der Waals surface area contributed by atoms with Gasteiger partial charge in [-0.25, -0.2) is 0 Å². The molecule has 462 valence electrons. The standard InChI is InChI=1S/C60H106N4O16/c1-19-21-27-59(47(67)77-41-33-51(3,4)61(71)52(5,6)34-41,48(68)78-42-35-53(7,8)62(72)54(9,10)36-42)29-23-31-75-45(65)25-26-46(66)76-32-24-30-60(28-22-20-2,49(69)79-43-37-55(11,12)63(73)56(13,14)38-43)50(70)80-44-39-57(15,16)64(74)58(17,18)40-44/h41-44,71-74H,19-40H2,1-18H3. The number of hydroxylamine groups is 8. The van der Waals surface area contributed by atoms with Gasteiger partial charge in [-0.05, 0) is 149 Å². The van der Waals surface area contributed by atoms with Gasteiger partial charge in [-0.3, -0.25) is 28.8 Å². The second-order valence-corrected chi connectivity index (χ2v) is 29.0. The number of carbonyl (C=O) groups excluding carboxylic acids is 6. The largest absolute Gasteiger partial charge is 0.466 e. The van der Waals surface area contributed by atoms with Gasteiger partial charge in [0.05, 0.1) is 26.1 Å². The number of ether oxygens (including phenoxy) is 6. The normalized spacial score (nSPS) is 23.6. The van der Waals surface area contributed by atoms with E-state index in [2.05, 4.69) is 0 Å². The van der Waals surface area contributed by atoms with E-state index in [0.717, 1.165) is 0 Å². The first kappa shape index (κ1) is 69.0. The molecule has 0 radical (unpaired) electrons. The molecule has 4 fully saturated rings. The Morgan fingerprint density at radius 1 is 0.362 bits per heavy atom. The van der Waals surface area contributed by atoms with E-state index >= 15 is 0 Å². The maximum atomic E-state index is 14.7. The van der Waals surface area contributed by atoms with Crippen LogP contribution in [0.1, 0.15) is 253 Å². The zero-order chi connectivity index (χ0) is 60.9. The van der Waals surface area contributed by atoms with Crippen molar-refractivity contribution in [3.05, 3.63) is 0 Å². The molecule has 0 aromatic heterocycles. The minimum atomic E-state index is -1.76. The molecule has 0 bridgehead atoms. The molecule has 4 rings (SSSR count). The van der Waals surface area contributed by atoms with Crippen LogP contribution in [-0.4, -0.2) is 159 Å². The van der Waals surface area contributed by atoms with Gasteiger partial charge in [0.25, 0.3) is 0 Å². The van der Waals surface area contributed by atoms with Crippen molar-refractivity contribution >= 4 is 35.8 Å². The van der Waals surface area contributed by atoms with Gasteiger partial charge in [-0.1, -0.05) is 39.5 Å². The number of hydrogen-bond donors (Lipinski definition) is 4. The maximum absolute atomic E-state index is 14.7. The molecule has 4 aliphatic heterocycles. The molecule has 0 spiro atoms. The Kier molecular flexibility index (Phi) is 22.6. The molecule has 0 aromatic carbocycles. The van der Waals surface area contributed by atoms with Gasteiger partial charge in [-0.2, -0.15) is 20.3 Å². The topological polar surface area (TPSA) is 252 Å². The first-order valence-corrected chi connectivity index (χ1v) is 29.7. The lowest BCUT2D eigenvalue weighted by atomic mass is 9.77. The lowest BCUT2D eigenvalue weighted by Crippen LogP contribution is -2.61. The summed E-state index contributed by atoms with van der Waals surface area (Å²) >= 11 is 0. The molecule has 4 N–H and O–H groups in total. The first-order chi connectivity index (χ1) is 36.6. The Morgan fingerprint density at radius 2 is 0.550 bits per heavy atom. The van der Waals surface area contributed by atoms with Crippen LogP contribution in [0.3, 0.4) is 0 Å². The molecule has 0 aliphatic carbocycles. The third-order valence-electron chi connectivity index (χ3n) is 17.5. The predicted molar refractivity (Wildman–Crippen MR) is 297 cm³/mol. The lowest BCUT2D eigenvalue weighted by Gasteiger charge is -2.51. The van der Waals surface area contributed by atoms with Gasteiger partial charge in [0.1, 0.15) is 24.4 Å². The van der Waals surface area contributed by atoms with Crippen molar-refractivity contribution in [3.8, 4) is 0 Å². The Bertz CT molecular complexity index is 1820. The van der Waals surface area contributed by atoms with Crippen LogP contribution in [0.5, 0.6) is 0 Å². The summed E-state index contributed by atoms with van der Waals surface area (Å²) < 4.78 is 36.2. The van der Waals surface area contributed by atoms with Gasteiger partial charge < -0.3 is 49.3 Å². The average Bonchev–Trinajstić information content (AvgIpc) is 3.31. The molecule has 0 atom stereocenters. The summed E-state index contributed by atoms with van der Waals surface area (Å²) in [7, 11) is 0. The van der Waals surface area contributed by atoms with Crippen LogP contribution in [0.2, 0.25) is 0 Å².